The van der Waals surface area contributed by atoms with E-state index in [0.717, 1.165) is 12.1 Å². The molecular formula is C26H25F12NO2. The van der Waals surface area contributed by atoms with Crippen LogP contribution in [0.25, 0.3) is 5.57 Å². The van der Waals surface area contributed by atoms with Gasteiger partial charge in [0.05, 0.1) is 0 Å². The standard InChI is InChI=1S/C26H25F12NO2/c1-13-9-15(5-7-18(13)20(3,4)17-6-8-19(39)14(2)10-17)16(11-21(40,23(27,28)29)24(30,31)32)12-22(41,25(33,34)35)26(36,37)38/h5-11,40-41H,12,39H2,1-4H3/b16-11+. The van der Waals surface area contributed by atoms with Gasteiger partial charge in [0.2, 0.25) is 0 Å². The summed E-state index contributed by atoms with van der Waals surface area (Å²) in [4.78, 5) is 0. The molecule has 2 rings (SSSR count). The van der Waals surface area contributed by atoms with E-state index in [2.05, 4.69) is 0 Å². The molecule has 2 aromatic rings. The number of nitrogen functional groups attached to an aromatic ring is 1. The number of aliphatic hydroxyl groups is 2. The molecule has 0 spiro atoms. The van der Waals surface area contributed by atoms with Gasteiger partial charge in [0.15, 0.2) is 0 Å². The van der Waals surface area contributed by atoms with Crippen LogP contribution in [0.3, 0.4) is 0 Å². The van der Waals surface area contributed by atoms with E-state index in [1.54, 1.807) is 39.0 Å². The van der Waals surface area contributed by atoms with E-state index in [0.29, 0.717) is 28.4 Å². The Kier molecular flexibility index (Phi) is 8.69. The van der Waals surface area contributed by atoms with Crippen molar-refractivity contribution in [2.24, 2.45) is 0 Å². The second kappa shape index (κ2) is 10.4. The fraction of sp³-hybridized carbons (Fsp3) is 0.462. The molecule has 41 heavy (non-hydrogen) atoms. The first-order valence-corrected chi connectivity index (χ1v) is 11.5. The third-order valence-electron chi connectivity index (χ3n) is 6.89. The average Bonchev–Trinajstić information content (AvgIpc) is 2.76. The Hall–Kier alpha value is -2.94. The summed E-state index contributed by atoms with van der Waals surface area (Å²) in [6, 6.07) is 7.47. The molecule has 3 nitrogen and oxygen atoms in total. The summed E-state index contributed by atoms with van der Waals surface area (Å²) in [5.74, 6) is 0. The Bertz CT molecular complexity index is 1270. The molecule has 0 aliphatic heterocycles. The van der Waals surface area contributed by atoms with Gasteiger partial charge in [-0.2, -0.15) is 52.7 Å². The quantitative estimate of drug-likeness (QED) is 0.232. The van der Waals surface area contributed by atoms with E-state index in [9.17, 15) is 62.9 Å². The van der Waals surface area contributed by atoms with Crippen LogP contribution < -0.4 is 5.73 Å². The van der Waals surface area contributed by atoms with Crippen LogP contribution in [0.4, 0.5) is 58.4 Å². The summed E-state index contributed by atoms with van der Waals surface area (Å²) in [5.41, 5.74) is -7.49. The van der Waals surface area contributed by atoms with Crippen LogP contribution in [-0.2, 0) is 5.41 Å². The van der Waals surface area contributed by atoms with Crippen LogP contribution in [0.2, 0.25) is 0 Å². The number of hydrogen-bond acceptors (Lipinski definition) is 3. The van der Waals surface area contributed by atoms with Crippen molar-refractivity contribution in [1.29, 1.82) is 0 Å². The van der Waals surface area contributed by atoms with Crippen molar-refractivity contribution >= 4 is 11.3 Å². The Labute approximate surface area is 226 Å². The van der Waals surface area contributed by atoms with Crippen LogP contribution in [0.15, 0.2) is 42.5 Å². The average molecular weight is 611 g/mol. The number of hydrogen-bond donors (Lipinski definition) is 3. The highest BCUT2D eigenvalue weighted by Gasteiger charge is 2.72. The van der Waals surface area contributed by atoms with E-state index in [-0.39, 0.29) is 5.56 Å². The number of aryl methyl sites for hydroxylation is 2. The summed E-state index contributed by atoms with van der Waals surface area (Å²) in [5, 5.41) is 19.2. The van der Waals surface area contributed by atoms with Gasteiger partial charge >= 0.3 is 24.7 Å². The molecule has 4 N–H and O–H groups in total. The number of anilines is 1. The smallest absolute Gasteiger partial charge is 0.399 e. The van der Waals surface area contributed by atoms with Crippen molar-refractivity contribution in [1.82, 2.24) is 0 Å². The maximum Gasteiger partial charge on any atom is 0.430 e. The number of alkyl halides is 12. The van der Waals surface area contributed by atoms with Gasteiger partial charge in [0, 0.05) is 17.5 Å². The van der Waals surface area contributed by atoms with Crippen molar-refractivity contribution in [3.8, 4) is 0 Å². The Morgan fingerprint density at radius 2 is 1.20 bits per heavy atom. The van der Waals surface area contributed by atoms with E-state index in [1.807, 2.05) is 0 Å². The van der Waals surface area contributed by atoms with E-state index >= 15 is 0 Å². The minimum absolute atomic E-state index is 0.0537. The molecule has 0 saturated carbocycles. The monoisotopic (exact) mass is 611 g/mol. The fourth-order valence-corrected chi connectivity index (χ4v) is 4.23. The summed E-state index contributed by atoms with van der Waals surface area (Å²) in [6.45, 7) is 6.29. The van der Waals surface area contributed by atoms with E-state index in [1.165, 1.54) is 6.92 Å². The minimum Gasteiger partial charge on any atom is -0.399 e. The topological polar surface area (TPSA) is 66.5 Å². The largest absolute Gasteiger partial charge is 0.430 e. The van der Waals surface area contributed by atoms with Gasteiger partial charge in [0.25, 0.3) is 11.2 Å². The first kappa shape index (κ1) is 34.3. The lowest BCUT2D eigenvalue weighted by atomic mass is 9.75. The molecule has 0 bridgehead atoms. The zero-order valence-corrected chi connectivity index (χ0v) is 21.8. The molecule has 0 radical (unpaired) electrons. The molecule has 230 valence electrons. The van der Waals surface area contributed by atoms with Crippen molar-refractivity contribution in [2.45, 2.75) is 75.4 Å². The summed E-state index contributed by atoms with van der Waals surface area (Å²) >= 11 is 0. The third kappa shape index (κ3) is 6.30. The van der Waals surface area contributed by atoms with Crippen LogP contribution in [0.5, 0.6) is 0 Å². The van der Waals surface area contributed by atoms with Gasteiger partial charge in [-0.3, -0.25) is 0 Å². The molecule has 0 aliphatic carbocycles. The van der Waals surface area contributed by atoms with Crippen molar-refractivity contribution < 1.29 is 62.9 Å². The number of rotatable bonds is 6. The lowest BCUT2D eigenvalue weighted by Crippen LogP contribution is -2.58. The molecular weight excluding hydrogens is 586 g/mol. The molecule has 0 aromatic heterocycles. The van der Waals surface area contributed by atoms with Crippen LogP contribution in [0, 0.1) is 13.8 Å². The van der Waals surface area contributed by atoms with Crippen molar-refractivity contribution in [3.63, 3.8) is 0 Å². The van der Waals surface area contributed by atoms with E-state index in [4.69, 9.17) is 5.73 Å². The maximum absolute atomic E-state index is 13.4. The number of halogens is 12. The van der Waals surface area contributed by atoms with Gasteiger partial charge in [-0.05, 0) is 59.4 Å². The molecule has 0 aliphatic rings. The van der Waals surface area contributed by atoms with Crippen molar-refractivity contribution in [3.05, 3.63) is 70.3 Å². The second-order valence-electron chi connectivity index (χ2n) is 10.2. The highest BCUT2D eigenvalue weighted by atomic mass is 19.4. The summed E-state index contributed by atoms with van der Waals surface area (Å²) < 4.78 is 161. The van der Waals surface area contributed by atoms with E-state index < -0.39 is 65.0 Å². The molecule has 0 fully saturated rings. The minimum atomic E-state index is -6.62. The molecule has 0 amide bonds. The maximum atomic E-state index is 13.4. The molecule has 2 aromatic carbocycles. The summed E-state index contributed by atoms with van der Waals surface area (Å²) in [6.07, 6.45) is -30.4. The lowest BCUT2D eigenvalue weighted by molar-refractivity contribution is -0.366. The van der Waals surface area contributed by atoms with Crippen LogP contribution in [0.1, 0.15) is 48.1 Å². The van der Waals surface area contributed by atoms with Gasteiger partial charge in [-0.25, -0.2) is 0 Å². The predicted molar refractivity (Wildman–Crippen MR) is 126 cm³/mol. The zero-order valence-electron chi connectivity index (χ0n) is 21.8. The number of benzene rings is 2. The zero-order chi connectivity index (χ0) is 32.2. The second-order valence-corrected chi connectivity index (χ2v) is 10.2. The lowest BCUT2D eigenvalue weighted by Gasteiger charge is -2.35. The van der Waals surface area contributed by atoms with Gasteiger partial charge in [0.1, 0.15) is 0 Å². The fourth-order valence-electron chi connectivity index (χ4n) is 4.23. The van der Waals surface area contributed by atoms with Gasteiger partial charge in [-0.15, -0.1) is 0 Å². The SMILES string of the molecule is Cc1cc(C(C)(C)c2ccc(/C(=C/C(O)(C(F)(F)F)C(F)(F)F)CC(O)(C(F)(F)F)C(F)(F)F)cc2C)ccc1N. The predicted octanol–water partition coefficient (Wildman–Crippen LogP) is 7.70. The van der Waals surface area contributed by atoms with Crippen LogP contribution in [-0.4, -0.2) is 46.1 Å². The Balaban J connectivity index is 2.88. The van der Waals surface area contributed by atoms with Gasteiger partial charge < -0.3 is 15.9 Å². The molecule has 0 saturated heterocycles. The Morgan fingerprint density at radius 3 is 1.59 bits per heavy atom. The highest BCUT2D eigenvalue weighted by Crippen LogP contribution is 2.51. The normalized spacial score (nSPS) is 14.9. The molecule has 0 unspecified atom stereocenters. The molecule has 0 heterocycles. The first-order chi connectivity index (χ1) is 18.1. The van der Waals surface area contributed by atoms with Crippen molar-refractivity contribution in [2.75, 3.05) is 5.73 Å². The molecule has 0 atom stereocenters. The number of nitrogens with two attached hydrogens (primary N) is 1. The van der Waals surface area contributed by atoms with Gasteiger partial charge in [-0.1, -0.05) is 44.2 Å². The Morgan fingerprint density at radius 1 is 0.707 bits per heavy atom. The third-order valence-corrected chi connectivity index (χ3v) is 6.89. The summed E-state index contributed by atoms with van der Waals surface area (Å²) in [7, 11) is 0. The first-order valence-electron chi connectivity index (χ1n) is 11.5. The van der Waals surface area contributed by atoms with Crippen LogP contribution >= 0.6 is 0 Å². The highest BCUT2D eigenvalue weighted by molar-refractivity contribution is 5.70. The molecule has 15 heteroatoms.